The number of hydrogen-bond acceptors (Lipinski definition) is 4. The predicted octanol–water partition coefficient (Wildman–Crippen LogP) is 6.36. The van der Waals surface area contributed by atoms with Crippen molar-refractivity contribution in [1.29, 1.82) is 0 Å². The van der Waals surface area contributed by atoms with Gasteiger partial charge in [0, 0.05) is 14.5 Å². The molecule has 0 heterocycles. The number of aromatic hydroxyl groups is 1. The maximum Gasteiger partial charge on any atom is 1.00 e. The van der Waals surface area contributed by atoms with Crippen molar-refractivity contribution in [2.75, 3.05) is 13.2 Å². The largest absolute Gasteiger partial charge is 1.00 e. The van der Waals surface area contributed by atoms with Crippen molar-refractivity contribution in [3.8, 4) is 17.2 Å². The van der Waals surface area contributed by atoms with Gasteiger partial charge in [0.1, 0.15) is 17.2 Å². The summed E-state index contributed by atoms with van der Waals surface area (Å²) in [7, 11) is 0. The summed E-state index contributed by atoms with van der Waals surface area (Å²) in [5.41, 5.74) is 2.98. The van der Waals surface area contributed by atoms with E-state index in [1.54, 1.807) is 24.3 Å². The van der Waals surface area contributed by atoms with Crippen LogP contribution in [0.1, 0.15) is 29.2 Å². The average Bonchev–Trinajstić information content (AvgIpc) is 2.92. The van der Waals surface area contributed by atoms with Gasteiger partial charge in [0.05, 0.1) is 32.0 Å². The molecule has 0 saturated heterocycles. The normalized spacial score (nSPS) is 11.2. The molecule has 4 aromatic rings. The molecule has 4 aromatic carbocycles. The van der Waals surface area contributed by atoms with Gasteiger partial charge < -0.3 is 20.7 Å². The Kier molecular flexibility index (Phi) is 13.2. The molecule has 212 valence electrons. The van der Waals surface area contributed by atoms with Crippen LogP contribution in [0.5, 0.6) is 17.2 Å². The Balaban J connectivity index is 0.00000308. The van der Waals surface area contributed by atoms with Crippen LogP contribution in [0.4, 0.5) is 13.2 Å². The van der Waals surface area contributed by atoms with E-state index in [0.717, 1.165) is 33.3 Å². The maximum atomic E-state index is 13.0. The summed E-state index contributed by atoms with van der Waals surface area (Å²) in [6, 6.07) is 23.7. The summed E-state index contributed by atoms with van der Waals surface area (Å²) >= 11 is 6.76. The van der Waals surface area contributed by atoms with Crippen LogP contribution in [0, 0.1) is 0 Å². The van der Waals surface area contributed by atoms with Crippen LogP contribution < -0.4 is 34.3 Å². The van der Waals surface area contributed by atoms with Gasteiger partial charge in [-0.15, -0.1) is 0 Å². The zero-order valence-corrected chi connectivity index (χ0v) is 27.6. The minimum absolute atomic E-state index is 0. The van der Waals surface area contributed by atoms with Gasteiger partial charge in [0.2, 0.25) is 0 Å². The Hall–Kier alpha value is -1.85. The van der Waals surface area contributed by atoms with E-state index in [2.05, 4.69) is 31.9 Å². The third-order valence-electron chi connectivity index (χ3n) is 6.16. The van der Waals surface area contributed by atoms with E-state index < -0.39 is 11.7 Å². The first-order valence-electron chi connectivity index (χ1n) is 12.5. The molecule has 0 aliphatic heterocycles. The first-order valence-corrected chi connectivity index (χ1v) is 14.1. The van der Waals surface area contributed by atoms with Gasteiger partial charge in [-0.3, -0.25) is 0 Å². The van der Waals surface area contributed by atoms with Gasteiger partial charge in [0.25, 0.3) is 0 Å². The van der Waals surface area contributed by atoms with Gasteiger partial charge in [-0.05, 0) is 78.1 Å². The van der Waals surface area contributed by atoms with Gasteiger partial charge >= 0.3 is 35.7 Å². The molecule has 0 bridgehead atoms. The van der Waals surface area contributed by atoms with Crippen LogP contribution in [0.25, 0.3) is 0 Å². The van der Waals surface area contributed by atoms with Crippen molar-refractivity contribution in [1.82, 2.24) is 0 Å². The number of ether oxygens (including phenoxy) is 3. The van der Waals surface area contributed by atoms with Crippen LogP contribution >= 0.6 is 31.9 Å². The molecule has 4 nitrogen and oxygen atoms in total. The van der Waals surface area contributed by atoms with Crippen LogP contribution in [-0.2, 0) is 41.7 Å². The van der Waals surface area contributed by atoms with Crippen molar-refractivity contribution in [3.63, 3.8) is 0 Å². The van der Waals surface area contributed by atoms with Gasteiger partial charge in [0.15, 0.2) is 0 Å². The first-order chi connectivity index (χ1) is 19.2. The molecule has 0 unspecified atom stereocenters. The van der Waals surface area contributed by atoms with Gasteiger partial charge in [-0.1, -0.05) is 68.3 Å². The molecule has 4 rings (SSSR count). The Morgan fingerprint density at radius 3 is 2.00 bits per heavy atom. The standard InChI is InChI=1S/C31H27Br2F3O4.Na.H/c32-28-6-2-1-4-22(28)19-39-17-15-27-21(5-3-7-30(27)40-26-12-10-25(37)11-13-26)14-16-38-20-23-8-9-24(18-29(23)33)31(34,35)36;;/h1-13,18,37H,14-17,19-20H2;;/q;+1;-1. The zero-order valence-electron chi connectivity index (χ0n) is 23.4. The number of benzene rings is 4. The van der Waals surface area contributed by atoms with Crippen molar-refractivity contribution in [2.24, 2.45) is 0 Å². The second-order valence-corrected chi connectivity index (χ2v) is 10.7. The van der Waals surface area contributed by atoms with Crippen molar-refractivity contribution >= 4 is 31.9 Å². The molecule has 0 amide bonds. The molecule has 0 radical (unpaired) electrons. The summed E-state index contributed by atoms with van der Waals surface area (Å²) in [5, 5.41) is 9.61. The topological polar surface area (TPSA) is 47.9 Å². The second kappa shape index (κ2) is 16.1. The smallest absolute Gasteiger partial charge is 1.00 e. The van der Waals surface area contributed by atoms with Crippen LogP contribution in [-0.4, -0.2) is 18.3 Å². The average molecular weight is 704 g/mol. The van der Waals surface area contributed by atoms with Crippen LogP contribution in [0.15, 0.2) is 93.9 Å². The number of phenolic OH excluding ortho intramolecular Hbond substituents is 1. The number of rotatable bonds is 12. The quantitative estimate of drug-likeness (QED) is 0.138. The van der Waals surface area contributed by atoms with Crippen molar-refractivity contribution in [3.05, 3.63) is 122 Å². The fourth-order valence-electron chi connectivity index (χ4n) is 4.04. The molecule has 1 N–H and O–H groups in total. The summed E-state index contributed by atoms with van der Waals surface area (Å²) in [6.07, 6.45) is -3.23. The number of alkyl halides is 3. The molecule has 0 saturated carbocycles. The summed E-state index contributed by atoms with van der Waals surface area (Å²) in [5.74, 6) is 1.42. The fourth-order valence-corrected chi connectivity index (χ4v) is 4.94. The Bertz CT molecular complexity index is 1420. The van der Waals surface area contributed by atoms with Crippen molar-refractivity contribution in [2.45, 2.75) is 32.2 Å². The molecule has 0 aliphatic rings. The first kappa shape index (κ1) is 33.6. The van der Waals surface area contributed by atoms with Gasteiger partial charge in [-0.25, -0.2) is 0 Å². The van der Waals surface area contributed by atoms with Crippen LogP contribution in [0.2, 0.25) is 0 Å². The summed E-state index contributed by atoms with van der Waals surface area (Å²) < 4.78 is 58.2. The van der Waals surface area contributed by atoms with E-state index in [1.165, 1.54) is 6.07 Å². The summed E-state index contributed by atoms with van der Waals surface area (Å²) in [4.78, 5) is 0. The van der Waals surface area contributed by atoms with Crippen molar-refractivity contribution < 1.29 is 63.5 Å². The number of halogens is 5. The number of phenols is 1. The molecule has 0 atom stereocenters. The molecule has 10 heteroatoms. The molecular formula is C31H28Br2F3NaO4. The molecule has 0 aliphatic carbocycles. The van der Waals surface area contributed by atoms with E-state index in [1.807, 2.05) is 42.5 Å². The van der Waals surface area contributed by atoms with E-state index >= 15 is 0 Å². The maximum absolute atomic E-state index is 13.0. The summed E-state index contributed by atoms with van der Waals surface area (Å²) in [6.45, 7) is 1.46. The molecule has 41 heavy (non-hydrogen) atoms. The monoisotopic (exact) mass is 702 g/mol. The van der Waals surface area contributed by atoms with E-state index in [-0.39, 0.29) is 43.3 Å². The Labute approximate surface area is 277 Å². The van der Waals surface area contributed by atoms with E-state index in [4.69, 9.17) is 14.2 Å². The second-order valence-electron chi connectivity index (χ2n) is 8.99. The molecule has 0 fully saturated rings. The molecular weight excluding hydrogens is 676 g/mol. The minimum Gasteiger partial charge on any atom is -1.00 e. The number of hydrogen-bond donors (Lipinski definition) is 1. The predicted molar refractivity (Wildman–Crippen MR) is 156 cm³/mol. The SMILES string of the molecule is Oc1ccc(Oc2cccc(CCOCc3ccc(C(F)(F)F)cc3Br)c2CCOCc2ccccc2Br)cc1.[H-].[Na+]. The Morgan fingerprint density at radius 2 is 1.34 bits per heavy atom. The zero-order chi connectivity index (χ0) is 28.5. The molecule has 0 aromatic heterocycles. The fraction of sp³-hybridized carbons (Fsp3) is 0.226. The van der Waals surface area contributed by atoms with Gasteiger partial charge in [-0.2, -0.15) is 13.2 Å². The molecule has 0 spiro atoms. The Morgan fingerprint density at radius 1 is 0.707 bits per heavy atom. The van der Waals surface area contributed by atoms with E-state index in [0.29, 0.717) is 54.2 Å². The minimum atomic E-state index is -4.40. The third kappa shape index (κ3) is 10.1. The van der Waals surface area contributed by atoms with E-state index in [9.17, 15) is 18.3 Å². The van der Waals surface area contributed by atoms with Crippen LogP contribution in [0.3, 0.4) is 0 Å². The third-order valence-corrected chi connectivity index (χ3v) is 7.67.